The van der Waals surface area contributed by atoms with Crippen LogP contribution < -0.4 is 10.2 Å². The number of nitrogens with zero attached hydrogens (tertiary/aromatic N) is 1. The Morgan fingerprint density at radius 1 is 1.37 bits per heavy atom. The number of rotatable bonds is 6. The van der Waals surface area contributed by atoms with E-state index >= 15 is 0 Å². The number of hydrogen-bond donors (Lipinski definition) is 2. The van der Waals surface area contributed by atoms with Crippen molar-refractivity contribution in [1.82, 2.24) is 5.32 Å². The Kier molecular flexibility index (Phi) is 4.83. The Morgan fingerprint density at radius 2 is 2.16 bits per heavy atom. The third-order valence-electron chi connectivity index (χ3n) is 4.08. The molecule has 1 aliphatic rings. The molecule has 0 amide bonds. The topological polar surface area (TPSA) is 35.5 Å². The average molecular weight is 262 g/mol. The van der Waals surface area contributed by atoms with Crippen LogP contribution in [0.15, 0.2) is 18.2 Å². The normalized spacial score (nSPS) is 15.9. The highest BCUT2D eigenvalue weighted by Gasteiger charge is 2.16. The van der Waals surface area contributed by atoms with Crippen molar-refractivity contribution >= 4 is 5.69 Å². The Balaban J connectivity index is 1.96. The van der Waals surface area contributed by atoms with E-state index in [1.807, 2.05) is 0 Å². The van der Waals surface area contributed by atoms with Gasteiger partial charge in [0.25, 0.3) is 0 Å². The van der Waals surface area contributed by atoms with Gasteiger partial charge in [-0.1, -0.05) is 26.0 Å². The van der Waals surface area contributed by atoms with Gasteiger partial charge in [0, 0.05) is 38.5 Å². The van der Waals surface area contributed by atoms with Crippen LogP contribution in [-0.2, 0) is 13.0 Å². The van der Waals surface area contributed by atoms with Crippen LogP contribution in [0.4, 0.5) is 5.69 Å². The van der Waals surface area contributed by atoms with Gasteiger partial charge in [0.15, 0.2) is 0 Å². The zero-order valence-corrected chi connectivity index (χ0v) is 12.3. The highest BCUT2D eigenvalue weighted by molar-refractivity contribution is 5.58. The number of fused-ring (bicyclic) bond motifs is 1. The van der Waals surface area contributed by atoms with Gasteiger partial charge >= 0.3 is 0 Å². The quantitative estimate of drug-likeness (QED) is 0.825. The molecule has 1 aromatic rings. The second-order valence-corrected chi connectivity index (χ2v) is 5.88. The van der Waals surface area contributed by atoms with E-state index in [0.717, 1.165) is 25.9 Å². The van der Waals surface area contributed by atoms with Gasteiger partial charge in [0.05, 0.1) is 0 Å². The molecule has 0 fully saturated rings. The molecule has 106 valence electrons. The number of benzene rings is 1. The minimum Gasteiger partial charge on any atom is -0.396 e. The third-order valence-corrected chi connectivity index (χ3v) is 4.08. The third kappa shape index (κ3) is 3.48. The Hall–Kier alpha value is -1.06. The fraction of sp³-hybridized carbons (Fsp3) is 0.625. The molecule has 0 saturated heterocycles. The number of nitrogens with one attached hydrogen (secondary N) is 1. The first-order valence-corrected chi connectivity index (χ1v) is 7.29. The van der Waals surface area contributed by atoms with Crippen molar-refractivity contribution in [1.29, 1.82) is 0 Å². The number of hydrogen-bond acceptors (Lipinski definition) is 3. The molecule has 0 aromatic heterocycles. The van der Waals surface area contributed by atoms with Crippen molar-refractivity contribution in [3.05, 3.63) is 29.3 Å². The van der Waals surface area contributed by atoms with Gasteiger partial charge in [-0.25, -0.2) is 0 Å². The van der Waals surface area contributed by atoms with Gasteiger partial charge in [-0.3, -0.25) is 0 Å². The van der Waals surface area contributed by atoms with Crippen LogP contribution in [0.5, 0.6) is 0 Å². The van der Waals surface area contributed by atoms with Gasteiger partial charge < -0.3 is 15.3 Å². The van der Waals surface area contributed by atoms with Crippen LogP contribution in [0.1, 0.15) is 31.4 Å². The largest absolute Gasteiger partial charge is 0.396 e. The van der Waals surface area contributed by atoms with Crippen LogP contribution >= 0.6 is 0 Å². The maximum absolute atomic E-state index is 9.09. The lowest BCUT2D eigenvalue weighted by Crippen LogP contribution is -2.34. The van der Waals surface area contributed by atoms with E-state index in [4.69, 9.17) is 5.11 Å². The molecule has 3 nitrogen and oxygen atoms in total. The van der Waals surface area contributed by atoms with Crippen LogP contribution in [0.2, 0.25) is 0 Å². The van der Waals surface area contributed by atoms with Gasteiger partial charge in [-0.2, -0.15) is 0 Å². The second kappa shape index (κ2) is 6.40. The van der Waals surface area contributed by atoms with Crippen molar-refractivity contribution in [2.45, 2.75) is 39.3 Å². The minimum absolute atomic E-state index is 0.255. The van der Waals surface area contributed by atoms with E-state index in [9.17, 15) is 0 Å². The summed E-state index contributed by atoms with van der Waals surface area (Å²) in [5.41, 5.74) is 4.18. The molecular formula is C16H26N2O. The number of aliphatic hydroxyl groups is 1. The van der Waals surface area contributed by atoms with Crippen molar-refractivity contribution < 1.29 is 5.11 Å². The SMILES string of the molecule is CC(C)C(CCO)NCc1ccc2c(c1)CCN2C. The summed E-state index contributed by atoms with van der Waals surface area (Å²) in [5.74, 6) is 0.549. The lowest BCUT2D eigenvalue weighted by atomic mass is 10.0. The summed E-state index contributed by atoms with van der Waals surface area (Å²) in [5, 5.41) is 12.7. The highest BCUT2D eigenvalue weighted by Crippen LogP contribution is 2.27. The lowest BCUT2D eigenvalue weighted by molar-refractivity contribution is 0.244. The van der Waals surface area contributed by atoms with E-state index in [1.165, 1.54) is 16.8 Å². The summed E-state index contributed by atoms with van der Waals surface area (Å²) >= 11 is 0. The molecule has 3 heteroatoms. The van der Waals surface area contributed by atoms with Gasteiger partial charge in [0.1, 0.15) is 0 Å². The maximum Gasteiger partial charge on any atom is 0.0445 e. The fourth-order valence-corrected chi connectivity index (χ4v) is 2.79. The van der Waals surface area contributed by atoms with Crippen LogP contribution in [0, 0.1) is 5.92 Å². The molecular weight excluding hydrogens is 236 g/mol. The van der Waals surface area contributed by atoms with E-state index in [0.29, 0.717) is 12.0 Å². The van der Waals surface area contributed by atoms with Crippen molar-refractivity contribution in [2.75, 3.05) is 25.1 Å². The Morgan fingerprint density at radius 3 is 2.84 bits per heavy atom. The predicted octanol–water partition coefficient (Wildman–Crippen LogP) is 2.18. The summed E-state index contributed by atoms with van der Waals surface area (Å²) in [6, 6.07) is 7.16. The average Bonchev–Trinajstić information content (AvgIpc) is 2.75. The van der Waals surface area contributed by atoms with E-state index in [2.05, 4.69) is 49.3 Å². The molecule has 0 saturated carbocycles. The zero-order chi connectivity index (χ0) is 13.8. The van der Waals surface area contributed by atoms with Crippen molar-refractivity contribution in [3.8, 4) is 0 Å². The minimum atomic E-state index is 0.255. The van der Waals surface area contributed by atoms with E-state index in [-0.39, 0.29) is 6.61 Å². The standard InChI is InChI=1S/C16H26N2O/c1-12(2)15(7-9-19)17-11-13-4-5-16-14(10-13)6-8-18(16)3/h4-5,10,12,15,17,19H,6-9,11H2,1-3H3. The van der Waals surface area contributed by atoms with Crippen LogP contribution in [-0.4, -0.2) is 31.3 Å². The van der Waals surface area contributed by atoms with Gasteiger partial charge in [-0.15, -0.1) is 0 Å². The maximum atomic E-state index is 9.09. The molecule has 19 heavy (non-hydrogen) atoms. The van der Waals surface area contributed by atoms with Crippen molar-refractivity contribution in [3.63, 3.8) is 0 Å². The smallest absolute Gasteiger partial charge is 0.0445 e. The number of anilines is 1. The molecule has 0 radical (unpaired) electrons. The predicted molar refractivity (Wildman–Crippen MR) is 80.6 cm³/mol. The molecule has 2 rings (SSSR count). The Labute approximate surface area is 116 Å². The molecule has 1 aromatic carbocycles. The monoisotopic (exact) mass is 262 g/mol. The number of aliphatic hydroxyl groups excluding tert-OH is 1. The highest BCUT2D eigenvalue weighted by atomic mass is 16.3. The lowest BCUT2D eigenvalue weighted by Gasteiger charge is -2.22. The number of likely N-dealkylation sites (N-methyl/N-ethyl adjacent to an activating group) is 1. The zero-order valence-electron chi connectivity index (χ0n) is 12.3. The molecule has 2 N–H and O–H groups in total. The molecule has 1 heterocycles. The van der Waals surface area contributed by atoms with Gasteiger partial charge in [-0.05, 0) is 36.0 Å². The summed E-state index contributed by atoms with van der Waals surface area (Å²) in [7, 11) is 2.15. The molecule has 1 aliphatic heterocycles. The molecule has 0 bridgehead atoms. The molecule has 1 unspecified atom stereocenters. The van der Waals surface area contributed by atoms with Gasteiger partial charge in [0.2, 0.25) is 0 Å². The second-order valence-electron chi connectivity index (χ2n) is 5.88. The first kappa shape index (κ1) is 14.4. The van der Waals surface area contributed by atoms with Crippen LogP contribution in [0.3, 0.4) is 0 Å². The molecule has 0 spiro atoms. The molecule has 1 atom stereocenters. The van der Waals surface area contributed by atoms with Crippen molar-refractivity contribution in [2.24, 2.45) is 5.92 Å². The molecule has 0 aliphatic carbocycles. The summed E-state index contributed by atoms with van der Waals surface area (Å²) in [6.45, 7) is 6.67. The fourth-order valence-electron chi connectivity index (χ4n) is 2.79. The van der Waals surface area contributed by atoms with Crippen LogP contribution in [0.25, 0.3) is 0 Å². The first-order chi connectivity index (χ1) is 9.11. The summed E-state index contributed by atoms with van der Waals surface area (Å²) < 4.78 is 0. The summed E-state index contributed by atoms with van der Waals surface area (Å²) in [4.78, 5) is 2.31. The first-order valence-electron chi connectivity index (χ1n) is 7.29. The van der Waals surface area contributed by atoms with E-state index in [1.54, 1.807) is 0 Å². The Bertz CT molecular complexity index is 417. The van der Waals surface area contributed by atoms with E-state index < -0.39 is 0 Å². The summed E-state index contributed by atoms with van der Waals surface area (Å²) in [6.07, 6.45) is 1.98.